The number of thiazole rings is 1. The molecule has 0 spiro atoms. The average Bonchev–Trinajstić information content (AvgIpc) is 3.34. The van der Waals surface area contributed by atoms with E-state index in [0.717, 1.165) is 10.2 Å². The van der Waals surface area contributed by atoms with E-state index < -0.39 is 11.9 Å². The van der Waals surface area contributed by atoms with Gasteiger partial charge in [-0.25, -0.2) is 9.37 Å². The SMILES string of the molecule is COc1ccc([C@H](C)NC(=O)c2ccc(-c3nc4ccccc4s3)o2)cc1F. The summed E-state index contributed by atoms with van der Waals surface area (Å²) < 4.78 is 25.6. The zero-order valence-corrected chi connectivity index (χ0v) is 16.0. The molecule has 0 aliphatic heterocycles. The van der Waals surface area contributed by atoms with Crippen LogP contribution in [0.5, 0.6) is 5.75 Å². The van der Waals surface area contributed by atoms with Crippen LogP contribution in [-0.4, -0.2) is 18.0 Å². The Kier molecular flexibility index (Phi) is 4.83. The Morgan fingerprint density at radius 2 is 2.04 bits per heavy atom. The maximum absolute atomic E-state index is 13.9. The molecular weight excluding hydrogens is 379 g/mol. The molecular formula is C21H17FN2O3S. The van der Waals surface area contributed by atoms with Crippen molar-refractivity contribution in [2.24, 2.45) is 0 Å². The van der Waals surface area contributed by atoms with E-state index in [-0.39, 0.29) is 17.4 Å². The van der Waals surface area contributed by atoms with Crippen LogP contribution in [0.25, 0.3) is 21.0 Å². The van der Waals surface area contributed by atoms with E-state index in [2.05, 4.69) is 10.3 Å². The number of hydrogen-bond donors (Lipinski definition) is 1. The van der Waals surface area contributed by atoms with Crippen LogP contribution < -0.4 is 10.1 Å². The molecule has 0 saturated carbocycles. The van der Waals surface area contributed by atoms with Crippen molar-refractivity contribution in [3.05, 3.63) is 71.7 Å². The van der Waals surface area contributed by atoms with Crippen LogP contribution in [0.3, 0.4) is 0 Å². The first-order chi connectivity index (χ1) is 13.5. The minimum atomic E-state index is -0.475. The third kappa shape index (κ3) is 3.48. The third-order valence-corrected chi connectivity index (χ3v) is 5.41. The summed E-state index contributed by atoms with van der Waals surface area (Å²) in [6.07, 6.45) is 0. The van der Waals surface area contributed by atoms with E-state index in [1.165, 1.54) is 30.6 Å². The highest BCUT2D eigenvalue weighted by molar-refractivity contribution is 7.21. The van der Waals surface area contributed by atoms with Crippen LogP contribution in [-0.2, 0) is 0 Å². The first-order valence-electron chi connectivity index (χ1n) is 8.65. The monoisotopic (exact) mass is 396 g/mol. The molecule has 1 atom stereocenters. The van der Waals surface area contributed by atoms with Crippen molar-refractivity contribution < 1.29 is 18.3 Å². The number of nitrogens with zero attached hydrogens (tertiary/aromatic N) is 1. The largest absolute Gasteiger partial charge is 0.494 e. The van der Waals surface area contributed by atoms with Crippen LogP contribution >= 0.6 is 11.3 Å². The Balaban J connectivity index is 1.50. The van der Waals surface area contributed by atoms with Crippen LogP contribution in [0, 0.1) is 5.82 Å². The van der Waals surface area contributed by atoms with Crippen LogP contribution in [0.2, 0.25) is 0 Å². The van der Waals surface area contributed by atoms with Crippen molar-refractivity contribution in [3.63, 3.8) is 0 Å². The molecule has 28 heavy (non-hydrogen) atoms. The summed E-state index contributed by atoms with van der Waals surface area (Å²) in [7, 11) is 1.41. The first-order valence-corrected chi connectivity index (χ1v) is 9.47. The molecule has 142 valence electrons. The van der Waals surface area contributed by atoms with Gasteiger partial charge in [-0.05, 0) is 48.9 Å². The Labute approximate surface area is 164 Å². The lowest BCUT2D eigenvalue weighted by Crippen LogP contribution is -2.26. The van der Waals surface area contributed by atoms with Gasteiger partial charge in [0.1, 0.15) is 0 Å². The molecule has 2 aromatic heterocycles. The summed E-state index contributed by atoms with van der Waals surface area (Å²) in [6, 6.07) is 15.3. The number of nitrogens with one attached hydrogen (secondary N) is 1. The van der Waals surface area contributed by atoms with Gasteiger partial charge in [0.15, 0.2) is 28.1 Å². The van der Waals surface area contributed by atoms with Crippen molar-refractivity contribution in [3.8, 4) is 16.5 Å². The molecule has 2 heterocycles. The van der Waals surface area contributed by atoms with E-state index >= 15 is 0 Å². The van der Waals surface area contributed by atoms with Gasteiger partial charge in [-0.1, -0.05) is 18.2 Å². The summed E-state index contributed by atoms with van der Waals surface area (Å²) in [5, 5.41) is 3.52. The summed E-state index contributed by atoms with van der Waals surface area (Å²) >= 11 is 1.50. The third-order valence-electron chi connectivity index (χ3n) is 4.36. The van der Waals surface area contributed by atoms with E-state index in [9.17, 15) is 9.18 Å². The maximum atomic E-state index is 13.9. The number of fused-ring (bicyclic) bond motifs is 1. The van der Waals surface area contributed by atoms with Gasteiger partial charge in [-0.3, -0.25) is 4.79 Å². The number of carbonyl (C=O) groups is 1. The van der Waals surface area contributed by atoms with Crippen molar-refractivity contribution in [2.75, 3.05) is 7.11 Å². The zero-order valence-electron chi connectivity index (χ0n) is 15.2. The molecule has 5 nitrogen and oxygen atoms in total. The summed E-state index contributed by atoms with van der Waals surface area (Å²) in [5.74, 6) is 0.0201. The molecule has 2 aromatic carbocycles. The highest BCUT2D eigenvalue weighted by atomic mass is 32.1. The van der Waals surface area contributed by atoms with Crippen LogP contribution in [0.1, 0.15) is 29.1 Å². The Morgan fingerprint density at radius 1 is 1.21 bits per heavy atom. The average molecular weight is 396 g/mol. The first kappa shape index (κ1) is 18.2. The molecule has 7 heteroatoms. The predicted octanol–water partition coefficient (Wildman–Crippen LogP) is 5.20. The number of hydrogen-bond acceptors (Lipinski definition) is 5. The highest BCUT2D eigenvalue weighted by Crippen LogP contribution is 2.31. The lowest BCUT2D eigenvalue weighted by Gasteiger charge is -2.14. The maximum Gasteiger partial charge on any atom is 0.287 e. The van der Waals surface area contributed by atoms with Gasteiger partial charge >= 0.3 is 0 Å². The van der Waals surface area contributed by atoms with Gasteiger partial charge < -0.3 is 14.5 Å². The fourth-order valence-electron chi connectivity index (χ4n) is 2.86. The van der Waals surface area contributed by atoms with Crippen molar-refractivity contribution in [1.29, 1.82) is 0 Å². The second-order valence-electron chi connectivity index (χ2n) is 6.24. The summed E-state index contributed by atoms with van der Waals surface area (Å²) in [6.45, 7) is 1.77. The fourth-order valence-corrected chi connectivity index (χ4v) is 3.78. The number of benzene rings is 2. The van der Waals surface area contributed by atoms with Gasteiger partial charge in [0, 0.05) is 0 Å². The Morgan fingerprint density at radius 3 is 2.79 bits per heavy atom. The van der Waals surface area contributed by atoms with E-state index in [1.807, 2.05) is 24.3 Å². The van der Waals surface area contributed by atoms with Gasteiger partial charge in [0.2, 0.25) is 0 Å². The minimum Gasteiger partial charge on any atom is -0.494 e. The topological polar surface area (TPSA) is 64.4 Å². The number of aromatic nitrogens is 1. The number of ether oxygens (including phenoxy) is 1. The second-order valence-corrected chi connectivity index (χ2v) is 7.27. The lowest BCUT2D eigenvalue weighted by atomic mass is 10.1. The molecule has 0 aliphatic rings. The van der Waals surface area contributed by atoms with Crippen molar-refractivity contribution in [2.45, 2.75) is 13.0 Å². The van der Waals surface area contributed by atoms with E-state index in [0.29, 0.717) is 16.3 Å². The number of amides is 1. The number of rotatable bonds is 5. The van der Waals surface area contributed by atoms with E-state index in [4.69, 9.17) is 9.15 Å². The van der Waals surface area contributed by atoms with Crippen molar-refractivity contribution >= 4 is 27.5 Å². The molecule has 0 unspecified atom stereocenters. The van der Waals surface area contributed by atoms with Crippen molar-refractivity contribution in [1.82, 2.24) is 10.3 Å². The normalized spacial score (nSPS) is 12.1. The molecule has 0 bridgehead atoms. The summed E-state index contributed by atoms with van der Waals surface area (Å²) in [4.78, 5) is 17.0. The van der Waals surface area contributed by atoms with Crippen LogP contribution in [0.4, 0.5) is 4.39 Å². The molecule has 0 fully saturated rings. The molecule has 0 saturated heterocycles. The molecule has 4 rings (SSSR count). The quantitative estimate of drug-likeness (QED) is 0.504. The number of furan rings is 1. The summed E-state index contributed by atoms with van der Waals surface area (Å²) in [5.41, 5.74) is 1.52. The number of carbonyl (C=O) groups excluding carboxylic acids is 1. The number of halogens is 1. The molecule has 1 amide bonds. The smallest absolute Gasteiger partial charge is 0.287 e. The standard InChI is InChI=1S/C21H17FN2O3S/c1-12(13-7-8-16(26-2)14(22)11-13)23-20(25)17-9-10-18(27-17)21-24-15-5-3-4-6-19(15)28-21/h3-12H,1-2H3,(H,23,25)/t12-/m0/s1. The Bertz CT molecular complexity index is 1120. The fraction of sp³-hybridized carbons (Fsp3) is 0.143. The van der Waals surface area contributed by atoms with E-state index in [1.54, 1.807) is 25.1 Å². The molecule has 1 N–H and O–H groups in total. The molecule has 0 radical (unpaired) electrons. The highest BCUT2D eigenvalue weighted by Gasteiger charge is 2.18. The zero-order chi connectivity index (χ0) is 19.7. The molecule has 4 aromatic rings. The van der Waals surface area contributed by atoms with Crippen LogP contribution in [0.15, 0.2) is 59.0 Å². The number of para-hydroxylation sites is 1. The molecule has 0 aliphatic carbocycles. The predicted molar refractivity (Wildman–Crippen MR) is 106 cm³/mol. The van der Waals surface area contributed by atoms with Gasteiger partial charge in [0.05, 0.1) is 23.4 Å². The Hall–Kier alpha value is -3.19. The second kappa shape index (κ2) is 7.44. The van der Waals surface area contributed by atoms with Gasteiger partial charge in [-0.2, -0.15) is 0 Å². The minimum absolute atomic E-state index is 0.161. The van der Waals surface area contributed by atoms with Gasteiger partial charge in [0.25, 0.3) is 5.91 Å². The lowest BCUT2D eigenvalue weighted by molar-refractivity contribution is 0.0912. The number of methoxy groups -OCH3 is 1. The van der Waals surface area contributed by atoms with Gasteiger partial charge in [-0.15, -0.1) is 11.3 Å².